The van der Waals surface area contributed by atoms with Gasteiger partial charge in [0.2, 0.25) is 0 Å². The molecule has 24 heavy (non-hydrogen) atoms. The molecule has 0 fully saturated rings. The SMILES string of the molecule is CCP(OC#N)(c1ccccc1)(c1ccccc1)c1ccccc1. The zero-order chi connectivity index (χ0) is 16.9. The summed E-state index contributed by atoms with van der Waals surface area (Å²) in [5.74, 6) is 0. The third-order valence-electron chi connectivity index (χ3n) is 4.75. The molecule has 0 aromatic heterocycles. The van der Waals surface area contributed by atoms with E-state index in [1.165, 1.54) is 0 Å². The Hall–Kier alpha value is -2.62. The van der Waals surface area contributed by atoms with Gasteiger partial charge in [0.25, 0.3) is 0 Å². The molecule has 0 unspecified atom stereocenters. The second-order valence-corrected chi connectivity index (χ2v) is 10.5. The van der Waals surface area contributed by atoms with Crippen LogP contribution < -0.4 is 15.9 Å². The molecular weight excluding hydrogens is 313 g/mol. The molecule has 3 aromatic carbocycles. The van der Waals surface area contributed by atoms with Gasteiger partial charge in [-0.3, -0.25) is 0 Å². The van der Waals surface area contributed by atoms with E-state index in [2.05, 4.69) is 49.6 Å². The molecule has 0 aliphatic heterocycles. The molecule has 3 heteroatoms. The first-order valence-electron chi connectivity index (χ1n) is 8.04. The van der Waals surface area contributed by atoms with Gasteiger partial charge >= 0.3 is 143 Å². The van der Waals surface area contributed by atoms with E-state index in [1.807, 2.05) is 54.6 Å². The van der Waals surface area contributed by atoms with Crippen molar-refractivity contribution in [3.63, 3.8) is 0 Å². The van der Waals surface area contributed by atoms with Crippen molar-refractivity contribution in [2.45, 2.75) is 6.92 Å². The van der Waals surface area contributed by atoms with Crippen LogP contribution in [0, 0.1) is 11.5 Å². The third-order valence-corrected chi connectivity index (χ3v) is 10.6. The summed E-state index contributed by atoms with van der Waals surface area (Å²) in [6, 6.07) is 30.5. The molecule has 0 N–H and O–H groups in total. The Morgan fingerprint density at radius 1 is 0.708 bits per heavy atom. The van der Waals surface area contributed by atoms with Gasteiger partial charge in [-0.05, 0) is 0 Å². The predicted molar refractivity (Wildman–Crippen MR) is 102 cm³/mol. The maximum atomic E-state index is 9.64. The molecule has 0 bridgehead atoms. The van der Waals surface area contributed by atoms with E-state index < -0.39 is 6.83 Å². The topological polar surface area (TPSA) is 33.0 Å². The Bertz CT molecular complexity index is 742. The van der Waals surface area contributed by atoms with Crippen molar-refractivity contribution in [1.29, 1.82) is 5.26 Å². The second kappa shape index (κ2) is 6.48. The fourth-order valence-electron chi connectivity index (χ4n) is 3.54. The van der Waals surface area contributed by atoms with E-state index in [0.29, 0.717) is 0 Å². The average molecular weight is 333 g/mol. The quantitative estimate of drug-likeness (QED) is 0.523. The van der Waals surface area contributed by atoms with E-state index >= 15 is 0 Å². The Kier molecular flexibility index (Phi) is 4.38. The Morgan fingerprint density at radius 2 is 1.04 bits per heavy atom. The first-order chi connectivity index (χ1) is 11.8. The summed E-state index contributed by atoms with van der Waals surface area (Å²) in [7, 11) is 0. The molecule has 0 heterocycles. The normalized spacial score (nSPS) is 12.6. The van der Waals surface area contributed by atoms with Gasteiger partial charge in [0.1, 0.15) is 0 Å². The Balaban J connectivity index is 2.50. The van der Waals surface area contributed by atoms with Gasteiger partial charge in [-0.15, -0.1) is 0 Å². The van der Waals surface area contributed by atoms with Gasteiger partial charge in [-0.25, -0.2) is 0 Å². The van der Waals surface area contributed by atoms with Crippen LogP contribution in [0.15, 0.2) is 91.0 Å². The van der Waals surface area contributed by atoms with E-state index in [0.717, 1.165) is 22.1 Å². The van der Waals surface area contributed by atoms with Crippen LogP contribution in [-0.2, 0) is 4.52 Å². The summed E-state index contributed by atoms with van der Waals surface area (Å²) in [6.45, 7) is -1.20. The van der Waals surface area contributed by atoms with Gasteiger partial charge in [-0.2, -0.15) is 0 Å². The number of rotatable bonds is 5. The number of hydrogen-bond donors (Lipinski definition) is 0. The first kappa shape index (κ1) is 16.2. The molecule has 0 saturated carbocycles. The molecule has 120 valence electrons. The Morgan fingerprint density at radius 3 is 1.29 bits per heavy atom. The second-order valence-electron chi connectivity index (χ2n) is 5.72. The standard InChI is InChI=1S/C21H20NOP/c1-2-24(23-18-22,19-12-6-3-7-13-19,20-14-8-4-9-15-20)21-16-10-5-11-17-21/h3-17H,2H2,1H3. The van der Waals surface area contributed by atoms with E-state index in [9.17, 15) is 5.26 Å². The van der Waals surface area contributed by atoms with Gasteiger partial charge in [-0.1, -0.05) is 0 Å². The molecule has 0 aliphatic rings. The molecule has 0 amide bonds. The van der Waals surface area contributed by atoms with E-state index in [-0.39, 0.29) is 0 Å². The summed E-state index contributed by atoms with van der Waals surface area (Å²) in [4.78, 5) is 0. The monoisotopic (exact) mass is 333 g/mol. The molecule has 0 spiro atoms. The third kappa shape index (κ3) is 2.21. The molecular formula is C21H20NOP. The molecule has 3 rings (SSSR count). The molecule has 0 atom stereocenters. The summed E-state index contributed by atoms with van der Waals surface area (Å²) in [5.41, 5.74) is 0. The van der Waals surface area contributed by atoms with E-state index in [1.54, 1.807) is 0 Å². The summed E-state index contributed by atoms with van der Waals surface area (Å²) in [6.07, 6.45) is 2.77. The van der Waals surface area contributed by atoms with Crippen molar-refractivity contribution in [3.05, 3.63) is 91.0 Å². The number of hydrogen-bond acceptors (Lipinski definition) is 2. The molecule has 0 saturated heterocycles. The molecule has 2 nitrogen and oxygen atoms in total. The van der Waals surface area contributed by atoms with Gasteiger partial charge < -0.3 is 0 Å². The van der Waals surface area contributed by atoms with Crippen LogP contribution in [0.1, 0.15) is 6.92 Å². The summed E-state index contributed by atoms with van der Waals surface area (Å²) >= 11 is 0. The minimum atomic E-state index is -3.32. The molecule has 0 aliphatic carbocycles. The zero-order valence-electron chi connectivity index (χ0n) is 13.7. The fraction of sp³-hybridized carbons (Fsp3) is 0.0952. The van der Waals surface area contributed by atoms with Crippen LogP contribution in [0.3, 0.4) is 0 Å². The minimum absolute atomic E-state index is 0.719. The number of nitrogens with zero attached hydrogens (tertiary/aromatic N) is 1. The average Bonchev–Trinajstić information content (AvgIpc) is 2.69. The van der Waals surface area contributed by atoms with Gasteiger partial charge in [0, 0.05) is 0 Å². The van der Waals surface area contributed by atoms with Crippen molar-refractivity contribution < 1.29 is 4.52 Å². The van der Waals surface area contributed by atoms with Crippen LogP contribution in [0.5, 0.6) is 0 Å². The summed E-state index contributed by atoms with van der Waals surface area (Å²) < 4.78 is 6.16. The Labute approximate surface area is 143 Å². The van der Waals surface area contributed by atoms with Crippen LogP contribution in [0.2, 0.25) is 0 Å². The van der Waals surface area contributed by atoms with Crippen molar-refractivity contribution >= 4 is 22.7 Å². The van der Waals surface area contributed by atoms with Crippen LogP contribution in [0.25, 0.3) is 0 Å². The van der Waals surface area contributed by atoms with E-state index in [4.69, 9.17) is 4.52 Å². The zero-order valence-corrected chi connectivity index (χ0v) is 14.6. The van der Waals surface area contributed by atoms with Crippen molar-refractivity contribution in [2.24, 2.45) is 0 Å². The predicted octanol–water partition coefficient (Wildman–Crippen LogP) is 3.95. The van der Waals surface area contributed by atoms with Crippen molar-refractivity contribution in [2.75, 3.05) is 6.16 Å². The van der Waals surface area contributed by atoms with Gasteiger partial charge in [0.05, 0.1) is 0 Å². The maximum absolute atomic E-state index is 9.64. The first-order valence-corrected chi connectivity index (χ1v) is 10.4. The van der Waals surface area contributed by atoms with Crippen LogP contribution in [-0.4, -0.2) is 6.16 Å². The summed E-state index contributed by atoms with van der Waals surface area (Å²) in [5, 5.41) is 12.9. The van der Waals surface area contributed by atoms with Crippen molar-refractivity contribution in [3.8, 4) is 6.26 Å². The van der Waals surface area contributed by atoms with Gasteiger partial charge in [0.15, 0.2) is 0 Å². The fourth-order valence-corrected chi connectivity index (χ4v) is 8.56. The number of benzene rings is 3. The number of nitriles is 1. The van der Waals surface area contributed by atoms with Crippen molar-refractivity contribution in [1.82, 2.24) is 0 Å². The van der Waals surface area contributed by atoms with Crippen LogP contribution >= 0.6 is 6.83 Å². The van der Waals surface area contributed by atoms with Crippen LogP contribution in [0.4, 0.5) is 0 Å². The molecule has 3 aromatic rings. The molecule has 0 radical (unpaired) electrons.